The normalized spacial score (nSPS) is 26.7. The molecule has 3 heterocycles. The summed E-state index contributed by atoms with van der Waals surface area (Å²) < 4.78 is 16.7. The first kappa shape index (κ1) is 11.7. The average molecular weight is 251 g/mol. The van der Waals surface area contributed by atoms with E-state index in [-0.39, 0.29) is 12.0 Å². The van der Waals surface area contributed by atoms with Gasteiger partial charge in [0.25, 0.3) is 5.91 Å². The highest BCUT2D eigenvalue weighted by atomic mass is 16.7. The number of rotatable bonds is 1. The molecule has 98 valence electrons. The first-order valence-electron chi connectivity index (χ1n) is 6.33. The number of hydrogen-bond acceptors (Lipinski definition) is 4. The van der Waals surface area contributed by atoms with Crippen molar-refractivity contribution >= 4 is 5.91 Å². The summed E-state index contributed by atoms with van der Waals surface area (Å²) >= 11 is 0. The number of ether oxygens (including phenoxy) is 2. The molecule has 0 saturated carbocycles. The van der Waals surface area contributed by atoms with Gasteiger partial charge in [0.2, 0.25) is 0 Å². The van der Waals surface area contributed by atoms with E-state index in [0.717, 1.165) is 12.8 Å². The first-order chi connectivity index (χ1) is 8.69. The summed E-state index contributed by atoms with van der Waals surface area (Å²) in [6.45, 7) is 3.94. The summed E-state index contributed by atoms with van der Waals surface area (Å²) in [5.41, 5.74) is 0. The van der Waals surface area contributed by atoms with E-state index in [1.807, 2.05) is 6.92 Å². The molecule has 18 heavy (non-hydrogen) atoms. The Labute approximate surface area is 106 Å². The van der Waals surface area contributed by atoms with Crippen molar-refractivity contribution in [1.29, 1.82) is 0 Å². The fraction of sp³-hybridized carbons (Fsp3) is 0.615. The molecule has 2 fully saturated rings. The van der Waals surface area contributed by atoms with E-state index in [0.29, 0.717) is 25.5 Å². The Balaban J connectivity index is 1.62. The largest absolute Gasteiger partial charge is 0.459 e. The van der Waals surface area contributed by atoms with Gasteiger partial charge in [0.1, 0.15) is 0 Å². The van der Waals surface area contributed by atoms with E-state index >= 15 is 0 Å². The number of nitrogens with zero attached hydrogens (tertiary/aromatic N) is 1. The van der Waals surface area contributed by atoms with Crippen LogP contribution >= 0.6 is 0 Å². The van der Waals surface area contributed by atoms with Crippen molar-refractivity contribution in [2.45, 2.75) is 31.7 Å². The molecule has 5 nitrogen and oxygen atoms in total. The van der Waals surface area contributed by atoms with Crippen molar-refractivity contribution in [2.75, 3.05) is 19.7 Å². The summed E-state index contributed by atoms with van der Waals surface area (Å²) in [5, 5.41) is 0. The smallest absolute Gasteiger partial charge is 0.289 e. The number of hydrogen-bond donors (Lipinski definition) is 0. The predicted molar refractivity (Wildman–Crippen MR) is 63.1 cm³/mol. The molecular weight excluding hydrogens is 234 g/mol. The molecule has 1 spiro atoms. The molecule has 1 amide bonds. The highest BCUT2D eigenvalue weighted by Crippen LogP contribution is 2.34. The van der Waals surface area contributed by atoms with Crippen molar-refractivity contribution in [2.24, 2.45) is 0 Å². The number of amides is 1. The molecule has 1 atom stereocenters. The minimum atomic E-state index is -0.459. The van der Waals surface area contributed by atoms with Gasteiger partial charge in [-0.05, 0) is 19.1 Å². The molecule has 0 bridgehead atoms. The molecule has 5 heteroatoms. The van der Waals surface area contributed by atoms with Gasteiger partial charge >= 0.3 is 0 Å². The monoisotopic (exact) mass is 251 g/mol. The van der Waals surface area contributed by atoms with E-state index in [4.69, 9.17) is 13.9 Å². The Morgan fingerprint density at radius 1 is 1.44 bits per heavy atom. The highest BCUT2D eigenvalue weighted by Gasteiger charge is 2.43. The molecule has 1 aromatic heterocycles. The Kier molecular flexibility index (Phi) is 2.87. The van der Waals surface area contributed by atoms with Gasteiger partial charge in [-0.15, -0.1) is 0 Å². The zero-order chi connectivity index (χ0) is 12.6. The van der Waals surface area contributed by atoms with Gasteiger partial charge in [-0.3, -0.25) is 4.79 Å². The SMILES string of the molecule is CC1COC2(CCN(C(=O)c3ccco3)CC2)O1. The maximum Gasteiger partial charge on any atom is 0.289 e. The van der Waals surface area contributed by atoms with Gasteiger partial charge < -0.3 is 18.8 Å². The van der Waals surface area contributed by atoms with E-state index < -0.39 is 5.79 Å². The Hall–Kier alpha value is -1.33. The predicted octanol–water partition coefficient (Wildman–Crippen LogP) is 1.65. The van der Waals surface area contributed by atoms with Crippen LogP contribution in [0.5, 0.6) is 0 Å². The first-order valence-corrected chi connectivity index (χ1v) is 6.33. The molecule has 0 radical (unpaired) electrons. The zero-order valence-electron chi connectivity index (χ0n) is 10.4. The van der Waals surface area contributed by atoms with Gasteiger partial charge in [-0.2, -0.15) is 0 Å². The van der Waals surface area contributed by atoms with Crippen molar-refractivity contribution in [3.05, 3.63) is 24.2 Å². The van der Waals surface area contributed by atoms with Crippen molar-refractivity contribution in [1.82, 2.24) is 4.90 Å². The molecule has 0 N–H and O–H groups in total. The van der Waals surface area contributed by atoms with Gasteiger partial charge in [0.15, 0.2) is 11.5 Å². The van der Waals surface area contributed by atoms with Crippen LogP contribution in [-0.4, -0.2) is 42.4 Å². The maximum atomic E-state index is 12.1. The van der Waals surface area contributed by atoms with Gasteiger partial charge in [0, 0.05) is 25.9 Å². The van der Waals surface area contributed by atoms with Crippen molar-refractivity contribution in [3.8, 4) is 0 Å². The second-order valence-corrected chi connectivity index (χ2v) is 4.92. The lowest BCUT2D eigenvalue weighted by molar-refractivity contribution is -0.190. The highest BCUT2D eigenvalue weighted by molar-refractivity contribution is 5.91. The summed E-state index contributed by atoms with van der Waals surface area (Å²) in [6.07, 6.45) is 3.12. The van der Waals surface area contributed by atoms with E-state index in [9.17, 15) is 4.79 Å². The van der Waals surface area contributed by atoms with E-state index in [1.165, 1.54) is 6.26 Å². The summed E-state index contributed by atoms with van der Waals surface area (Å²) in [4.78, 5) is 13.9. The lowest BCUT2D eigenvalue weighted by Gasteiger charge is -2.37. The van der Waals surface area contributed by atoms with E-state index in [1.54, 1.807) is 17.0 Å². The van der Waals surface area contributed by atoms with Crippen LogP contribution in [-0.2, 0) is 9.47 Å². The summed E-state index contributed by atoms with van der Waals surface area (Å²) in [5.74, 6) is -0.118. The third-order valence-electron chi connectivity index (χ3n) is 3.54. The van der Waals surface area contributed by atoms with Crippen LogP contribution in [0.3, 0.4) is 0 Å². The van der Waals surface area contributed by atoms with Crippen LogP contribution in [0.15, 0.2) is 22.8 Å². The minimum absolute atomic E-state index is 0.0547. The molecule has 0 aromatic carbocycles. The van der Waals surface area contributed by atoms with E-state index in [2.05, 4.69) is 0 Å². The van der Waals surface area contributed by atoms with Gasteiger partial charge in [-0.1, -0.05) is 0 Å². The molecule has 3 rings (SSSR count). The molecule has 2 aliphatic rings. The Bertz CT molecular complexity index is 420. The van der Waals surface area contributed by atoms with Crippen LogP contribution in [0.1, 0.15) is 30.3 Å². The topological polar surface area (TPSA) is 51.9 Å². The molecule has 2 saturated heterocycles. The van der Waals surface area contributed by atoms with Crippen LogP contribution in [0.2, 0.25) is 0 Å². The lowest BCUT2D eigenvalue weighted by Crippen LogP contribution is -2.47. The van der Waals surface area contributed by atoms with Gasteiger partial charge in [0.05, 0.1) is 19.0 Å². The Morgan fingerprint density at radius 2 is 2.22 bits per heavy atom. The Morgan fingerprint density at radius 3 is 2.78 bits per heavy atom. The number of furan rings is 1. The standard InChI is InChI=1S/C13H17NO4/c1-10-9-17-13(18-10)4-6-14(7-5-13)12(15)11-3-2-8-16-11/h2-3,8,10H,4-7,9H2,1H3. The number of piperidine rings is 1. The third-order valence-corrected chi connectivity index (χ3v) is 3.54. The minimum Gasteiger partial charge on any atom is -0.459 e. The fourth-order valence-corrected chi connectivity index (χ4v) is 2.57. The van der Waals surface area contributed by atoms with Crippen LogP contribution in [0.4, 0.5) is 0 Å². The molecule has 0 aliphatic carbocycles. The maximum absolute atomic E-state index is 12.1. The number of likely N-dealkylation sites (tertiary alicyclic amines) is 1. The second-order valence-electron chi connectivity index (χ2n) is 4.92. The lowest BCUT2D eigenvalue weighted by atomic mass is 10.0. The molecular formula is C13H17NO4. The third kappa shape index (κ3) is 2.04. The zero-order valence-corrected chi connectivity index (χ0v) is 10.4. The molecule has 1 aromatic rings. The summed E-state index contributed by atoms with van der Waals surface area (Å²) in [6, 6.07) is 3.42. The van der Waals surface area contributed by atoms with Gasteiger partial charge in [-0.25, -0.2) is 0 Å². The van der Waals surface area contributed by atoms with Crippen LogP contribution < -0.4 is 0 Å². The van der Waals surface area contributed by atoms with Crippen molar-refractivity contribution in [3.63, 3.8) is 0 Å². The molecule has 2 aliphatic heterocycles. The molecule has 1 unspecified atom stereocenters. The van der Waals surface area contributed by atoms with Crippen LogP contribution in [0.25, 0.3) is 0 Å². The number of carbonyl (C=O) groups excluding carboxylic acids is 1. The van der Waals surface area contributed by atoms with Crippen molar-refractivity contribution < 1.29 is 18.7 Å². The second kappa shape index (κ2) is 4.40. The average Bonchev–Trinajstić information content (AvgIpc) is 3.00. The van der Waals surface area contributed by atoms with Crippen LogP contribution in [0, 0.1) is 0 Å². The fourth-order valence-electron chi connectivity index (χ4n) is 2.57. The quantitative estimate of drug-likeness (QED) is 0.761. The summed E-state index contributed by atoms with van der Waals surface area (Å²) in [7, 11) is 0. The number of carbonyl (C=O) groups is 1.